The third-order valence-corrected chi connectivity index (χ3v) is 4.89. The molecule has 0 aliphatic carbocycles. The quantitative estimate of drug-likeness (QED) is 0.676. The number of carbonyl (C=O) groups is 3. The van der Waals surface area contributed by atoms with Gasteiger partial charge >= 0.3 is 6.03 Å². The second-order valence-corrected chi connectivity index (χ2v) is 7.14. The van der Waals surface area contributed by atoms with Gasteiger partial charge in [0.2, 0.25) is 5.91 Å². The van der Waals surface area contributed by atoms with Gasteiger partial charge in [-0.1, -0.05) is 34.1 Å². The molecule has 2 aromatic carbocycles. The lowest BCUT2D eigenvalue weighted by molar-refractivity contribution is -0.125. The van der Waals surface area contributed by atoms with Crippen LogP contribution in [0.5, 0.6) is 0 Å². The fourth-order valence-corrected chi connectivity index (χ4v) is 3.16. The summed E-state index contributed by atoms with van der Waals surface area (Å²) in [5, 5.41) is 5.30. The molecule has 1 aliphatic rings. The Bertz CT molecular complexity index is 854. The van der Waals surface area contributed by atoms with E-state index in [0.29, 0.717) is 16.8 Å². The number of carbonyl (C=O) groups excluding carboxylic acids is 3. The number of hydrogen-bond donors (Lipinski definition) is 2. The number of anilines is 1. The van der Waals surface area contributed by atoms with Gasteiger partial charge in [-0.25, -0.2) is 4.79 Å². The zero-order valence-corrected chi connectivity index (χ0v) is 16.1. The van der Waals surface area contributed by atoms with Crippen molar-refractivity contribution in [2.75, 3.05) is 11.9 Å². The van der Waals surface area contributed by atoms with Gasteiger partial charge in [-0.2, -0.15) is 0 Å². The molecule has 0 aromatic heterocycles. The van der Waals surface area contributed by atoms with Crippen molar-refractivity contribution in [2.24, 2.45) is 0 Å². The van der Waals surface area contributed by atoms with E-state index in [1.807, 2.05) is 12.1 Å². The second-order valence-electron chi connectivity index (χ2n) is 5.37. The first-order valence-corrected chi connectivity index (χ1v) is 8.97. The van der Waals surface area contributed by atoms with Crippen LogP contribution >= 0.6 is 31.9 Å². The van der Waals surface area contributed by atoms with E-state index in [-0.39, 0.29) is 24.9 Å². The van der Waals surface area contributed by atoms with Crippen molar-refractivity contribution in [1.29, 1.82) is 0 Å². The van der Waals surface area contributed by atoms with Crippen LogP contribution in [0.15, 0.2) is 51.4 Å². The highest BCUT2D eigenvalue weighted by Crippen LogP contribution is 2.27. The number of nitrogens with zero attached hydrogens (tertiary/aromatic N) is 1. The summed E-state index contributed by atoms with van der Waals surface area (Å²) < 4.78 is 1.58. The Balaban J connectivity index is 1.85. The van der Waals surface area contributed by atoms with Crippen LogP contribution < -0.4 is 10.6 Å². The number of urea groups is 1. The van der Waals surface area contributed by atoms with Gasteiger partial charge in [0, 0.05) is 14.5 Å². The van der Waals surface area contributed by atoms with Crippen molar-refractivity contribution >= 4 is 55.4 Å². The third kappa shape index (κ3) is 3.91. The van der Waals surface area contributed by atoms with Crippen LogP contribution in [0.3, 0.4) is 0 Å². The molecule has 1 fully saturated rings. The highest BCUT2D eigenvalue weighted by molar-refractivity contribution is 9.11. The molecule has 0 atom stereocenters. The number of imide groups is 1. The van der Waals surface area contributed by atoms with Gasteiger partial charge in [0.25, 0.3) is 5.91 Å². The normalized spacial score (nSPS) is 13.8. The lowest BCUT2D eigenvalue weighted by Gasteiger charge is -2.16. The third-order valence-electron chi connectivity index (χ3n) is 3.70. The van der Waals surface area contributed by atoms with E-state index < -0.39 is 6.03 Å². The summed E-state index contributed by atoms with van der Waals surface area (Å²) in [6.07, 6.45) is 0. The number of benzene rings is 2. The number of rotatable bonds is 4. The van der Waals surface area contributed by atoms with E-state index in [4.69, 9.17) is 0 Å². The van der Waals surface area contributed by atoms with Crippen LogP contribution in [0.1, 0.15) is 15.9 Å². The van der Waals surface area contributed by atoms with Gasteiger partial charge in [0.15, 0.2) is 0 Å². The van der Waals surface area contributed by atoms with E-state index in [0.717, 1.165) is 13.8 Å². The van der Waals surface area contributed by atoms with Crippen molar-refractivity contribution in [3.63, 3.8) is 0 Å². The summed E-state index contributed by atoms with van der Waals surface area (Å²) >= 11 is 6.76. The largest absolute Gasteiger partial charge is 0.329 e. The van der Waals surface area contributed by atoms with Gasteiger partial charge in [-0.3, -0.25) is 14.5 Å². The molecule has 2 aromatic rings. The minimum absolute atomic E-state index is 0.0157. The summed E-state index contributed by atoms with van der Waals surface area (Å²) in [6.45, 7) is 0.0338. The predicted molar refractivity (Wildman–Crippen MR) is 100 cm³/mol. The van der Waals surface area contributed by atoms with Crippen molar-refractivity contribution in [2.45, 2.75) is 6.54 Å². The SMILES string of the molecule is O=C(Nc1cc(Br)ccc1Br)c1ccccc1CN1C(=O)CNC1=O. The van der Waals surface area contributed by atoms with E-state index in [2.05, 4.69) is 42.5 Å². The molecule has 1 aliphatic heterocycles. The molecule has 4 amide bonds. The monoisotopic (exact) mass is 465 g/mol. The van der Waals surface area contributed by atoms with Crippen LogP contribution in [-0.4, -0.2) is 29.3 Å². The van der Waals surface area contributed by atoms with Crippen molar-refractivity contribution in [1.82, 2.24) is 10.2 Å². The summed E-state index contributed by atoms with van der Waals surface area (Å²) in [7, 11) is 0. The number of hydrogen-bond acceptors (Lipinski definition) is 3. The van der Waals surface area contributed by atoms with Gasteiger partial charge in [0.1, 0.15) is 0 Å². The molecule has 0 saturated carbocycles. The molecule has 1 saturated heterocycles. The first kappa shape index (κ1) is 17.6. The van der Waals surface area contributed by atoms with Gasteiger partial charge in [0.05, 0.1) is 18.8 Å². The standard InChI is InChI=1S/C17H13Br2N3O3/c18-11-5-6-13(19)14(7-11)21-16(24)12-4-2-1-3-10(12)9-22-15(23)8-20-17(22)25/h1-7H,8-9H2,(H,20,25)(H,21,24). The fourth-order valence-electron chi connectivity index (χ4n) is 2.45. The summed E-state index contributed by atoms with van der Waals surface area (Å²) in [5.41, 5.74) is 1.61. The Labute approximate surface area is 160 Å². The van der Waals surface area contributed by atoms with E-state index >= 15 is 0 Å². The lowest BCUT2D eigenvalue weighted by Crippen LogP contribution is -2.31. The molecule has 128 valence electrons. The van der Waals surface area contributed by atoms with E-state index in [9.17, 15) is 14.4 Å². The highest BCUT2D eigenvalue weighted by atomic mass is 79.9. The maximum absolute atomic E-state index is 12.7. The second kappa shape index (κ2) is 7.37. The number of nitrogens with one attached hydrogen (secondary N) is 2. The maximum Gasteiger partial charge on any atom is 0.324 e. The Morgan fingerprint density at radius 2 is 1.92 bits per heavy atom. The molecule has 0 unspecified atom stereocenters. The molecular weight excluding hydrogens is 454 g/mol. The average molecular weight is 467 g/mol. The summed E-state index contributed by atoms with van der Waals surface area (Å²) in [4.78, 5) is 37.3. The van der Waals surface area contributed by atoms with Gasteiger partial charge in [-0.15, -0.1) is 0 Å². The molecule has 1 heterocycles. The fraction of sp³-hybridized carbons (Fsp3) is 0.118. The van der Waals surface area contributed by atoms with Crippen LogP contribution in [0.25, 0.3) is 0 Å². The van der Waals surface area contributed by atoms with E-state index in [1.165, 1.54) is 0 Å². The molecule has 0 radical (unpaired) electrons. The lowest BCUT2D eigenvalue weighted by atomic mass is 10.1. The molecule has 8 heteroatoms. The summed E-state index contributed by atoms with van der Waals surface area (Å²) in [5.74, 6) is -0.628. The first-order chi connectivity index (χ1) is 12.0. The molecule has 2 N–H and O–H groups in total. The molecule has 6 nitrogen and oxygen atoms in total. The minimum atomic E-state index is -0.449. The molecule has 3 rings (SSSR count). The van der Waals surface area contributed by atoms with Crippen LogP contribution in [0, 0.1) is 0 Å². The van der Waals surface area contributed by atoms with Crippen molar-refractivity contribution in [3.05, 3.63) is 62.5 Å². The van der Waals surface area contributed by atoms with E-state index in [1.54, 1.807) is 30.3 Å². The molecule has 0 bridgehead atoms. The Hall–Kier alpha value is -2.19. The number of halogens is 2. The average Bonchev–Trinajstić information content (AvgIpc) is 2.90. The minimum Gasteiger partial charge on any atom is -0.329 e. The zero-order valence-electron chi connectivity index (χ0n) is 12.9. The molecule has 25 heavy (non-hydrogen) atoms. The first-order valence-electron chi connectivity index (χ1n) is 7.38. The summed E-state index contributed by atoms with van der Waals surface area (Å²) in [6, 6.07) is 11.9. The maximum atomic E-state index is 12.7. The number of amides is 4. The van der Waals surface area contributed by atoms with Crippen LogP contribution in [0.2, 0.25) is 0 Å². The Morgan fingerprint density at radius 3 is 2.64 bits per heavy atom. The molecule has 0 spiro atoms. The van der Waals surface area contributed by atoms with Crippen LogP contribution in [0.4, 0.5) is 10.5 Å². The Kier molecular flexibility index (Phi) is 5.19. The molecular formula is C17H13Br2N3O3. The Morgan fingerprint density at radius 1 is 1.16 bits per heavy atom. The van der Waals surface area contributed by atoms with Crippen molar-refractivity contribution < 1.29 is 14.4 Å². The van der Waals surface area contributed by atoms with Crippen molar-refractivity contribution in [3.8, 4) is 0 Å². The zero-order chi connectivity index (χ0) is 18.0. The predicted octanol–water partition coefficient (Wildman–Crippen LogP) is 3.52. The highest BCUT2D eigenvalue weighted by Gasteiger charge is 2.29. The van der Waals surface area contributed by atoms with Crippen LogP contribution in [-0.2, 0) is 11.3 Å². The van der Waals surface area contributed by atoms with Gasteiger partial charge < -0.3 is 10.6 Å². The smallest absolute Gasteiger partial charge is 0.324 e. The topological polar surface area (TPSA) is 78.5 Å². The van der Waals surface area contributed by atoms with Gasteiger partial charge in [-0.05, 0) is 45.8 Å².